The molecule has 0 bridgehead atoms. The van der Waals surface area contributed by atoms with Gasteiger partial charge in [-0.3, -0.25) is 0 Å². The topological polar surface area (TPSA) is 12.0 Å². The van der Waals surface area contributed by atoms with Crippen LogP contribution in [0.4, 0.5) is 4.39 Å². The lowest BCUT2D eigenvalue weighted by Gasteiger charge is -2.21. The van der Waals surface area contributed by atoms with E-state index in [1.165, 1.54) is 11.6 Å². The van der Waals surface area contributed by atoms with Crippen LogP contribution >= 0.6 is 31.9 Å². The molecule has 0 saturated carbocycles. The highest BCUT2D eigenvalue weighted by Gasteiger charge is 2.16. The van der Waals surface area contributed by atoms with Gasteiger partial charge in [0.1, 0.15) is 5.82 Å². The van der Waals surface area contributed by atoms with E-state index in [-0.39, 0.29) is 11.9 Å². The third-order valence-corrected chi connectivity index (χ3v) is 4.62. The maximum Gasteiger partial charge on any atom is 0.126 e. The summed E-state index contributed by atoms with van der Waals surface area (Å²) >= 11 is 7.02. The standard InChI is InChI=1S/C17H18Br2FN/c1-3-21-17(14-8-11(2)4-6-15(14)19)10-12-9-13(18)5-7-16(12)20/h4-9,17,21H,3,10H2,1-2H3. The van der Waals surface area contributed by atoms with Crippen molar-refractivity contribution in [3.8, 4) is 0 Å². The largest absolute Gasteiger partial charge is 0.310 e. The number of hydrogen-bond acceptors (Lipinski definition) is 1. The fraction of sp³-hybridized carbons (Fsp3) is 0.294. The zero-order valence-electron chi connectivity index (χ0n) is 12.1. The number of likely N-dealkylation sites (N-methyl/N-ethyl adjacent to an activating group) is 1. The summed E-state index contributed by atoms with van der Waals surface area (Å²) in [7, 11) is 0. The molecule has 0 fully saturated rings. The van der Waals surface area contributed by atoms with E-state index in [0.717, 1.165) is 21.1 Å². The van der Waals surface area contributed by atoms with Gasteiger partial charge in [0.15, 0.2) is 0 Å². The van der Waals surface area contributed by atoms with Crippen molar-refractivity contribution in [3.05, 3.63) is 67.9 Å². The third-order valence-electron chi connectivity index (χ3n) is 3.41. The van der Waals surface area contributed by atoms with Crippen LogP contribution in [0, 0.1) is 12.7 Å². The predicted octanol–water partition coefficient (Wildman–Crippen LogP) is 5.55. The van der Waals surface area contributed by atoms with E-state index in [2.05, 4.69) is 63.2 Å². The van der Waals surface area contributed by atoms with Crippen molar-refractivity contribution in [2.75, 3.05) is 6.54 Å². The average molecular weight is 415 g/mol. The van der Waals surface area contributed by atoms with Crippen molar-refractivity contribution < 1.29 is 4.39 Å². The Balaban J connectivity index is 2.35. The van der Waals surface area contributed by atoms with E-state index in [1.807, 2.05) is 12.1 Å². The number of rotatable bonds is 5. The third kappa shape index (κ3) is 4.38. The predicted molar refractivity (Wildman–Crippen MR) is 93.1 cm³/mol. The van der Waals surface area contributed by atoms with Crippen molar-refractivity contribution in [1.82, 2.24) is 5.32 Å². The van der Waals surface area contributed by atoms with Gasteiger partial charge in [-0.25, -0.2) is 4.39 Å². The summed E-state index contributed by atoms with van der Waals surface area (Å²) in [5.74, 6) is -0.162. The van der Waals surface area contributed by atoms with Crippen LogP contribution in [0.3, 0.4) is 0 Å². The Morgan fingerprint density at radius 3 is 2.62 bits per heavy atom. The second-order valence-electron chi connectivity index (χ2n) is 5.08. The maximum absolute atomic E-state index is 14.0. The Morgan fingerprint density at radius 1 is 1.14 bits per heavy atom. The average Bonchev–Trinajstić information content (AvgIpc) is 2.45. The molecule has 0 spiro atoms. The van der Waals surface area contributed by atoms with E-state index < -0.39 is 0 Å². The summed E-state index contributed by atoms with van der Waals surface area (Å²) in [6.45, 7) is 4.97. The molecule has 2 rings (SSSR count). The molecule has 0 aliphatic carbocycles. The fourth-order valence-corrected chi connectivity index (χ4v) is 3.32. The summed E-state index contributed by atoms with van der Waals surface area (Å²) in [5.41, 5.74) is 3.07. The first-order valence-corrected chi connectivity index (χ1v) is 8.53. The molecule has 112 valence electrons. The van der Waals surface area contributed by atoms with Gasteiger partial charge < -0.3 is 5.32 Å². The van der Waals surface area contributed by atoms with Gasteiger partial charge in [0.25, 0.3) is 0 Å². The Kier molecular flexibility index (Phi) is 5.97. The Bertz CT molecular complexity index is 628. The zero-order valence-corrected chi connectivity index (χ0v) is 15.3. The molecule has 0 aromatic heterocycles. The number of benzene rings is 2. The van der Waals surface area contributed by atoms with Gasteiger partial charge in [0.2, 0.25) is 0 Å². The summed E-state index contributed by atoms with van der Waals surface area (Å²) < 4.78 is 16.0. The zero-order chi connectivity index (χ0) is 15.4. The molecule has 0 aliphatic heterocycles. The van der Waals surface area contributed by atoms with Gasteiger partial charge in [0, 0.05) is 15.0 Å². The molecule has 4 heteroatoms. The molecular weight excluding hydrogens is 397 g/mol. The van der Waals surface area contributed by atoms with Crippen molar-refractivity contribution in [2.45, 2.75) is 26.3 Å². The van der Waals surface area contributed by atoms with E-state index in [1.54, 1.807) is 6.07 Å². The molecule has 0 heterocycles. The first kappa shape index (κ1) is 16.7. The van der Waals surface area contributed by atoms with Crippen LogP contribution in [0.5, 0.6) is 0 Å². The van der Waals surface area contributed by atoms with Crippen LogP contribution in [0.2, 0.25) is 0 Å². The lowest BCUT2D eigenvalue weighted by atomic mass is 9.97. The van der Waals surface area contributed by atoms with Gasteiger partial charge in [-0.05, 0) is 55.3 Å². The number of nitrogens with one attached hydrogen (secondary N) is 1. The maximum atomic E-state index is 14.0. The molecule has 1 atom stereocenters. The van der Waals surface area contributed by atoms with Gasteiger partial charge >= 0.3 is 0 Å². The van der Waals surface area contributed by atoms with Crippen LogP contribution in [0.1, 0.15) is 29.7 Å². The van der Waals surface area contributed by atoms with Crippen molar-refractivity contribution in [2.24, 2.45) is 0 Å². The molecule has 1 unspecified atom stereocenters. The van der Waals surface area contributed by atoms with E-state index in [0.29, 0.717) is 12.0 Å². The van der Waals surface area contributed by atoms with Crippen LogP contribution in [-0.4, -0.2) is 6.54 Å². The van der Waals surface area contributed by atoms with Crippen molar-refractivity contribution in [3.63, 3.8) is 0 Å². The molecule has 2 aromatic carbocycles. The lowest BCUT2D eigenvalue weighted by Crippen LogP contribution is -2.23. The molecule has 0 aliphatic rings. The molecular formula is C17H18Br2FN. The number of hydrogen-bond donors (Lipinski definition) is 1. The fourth-order valence-electron chi connectivity index (χ4n) is 2.39. The van der Waals surface area contributed by atoms with E-state index >= 15 is 0 Å². The summed E-state index contributed by atoms with van der Waals surface area (Å²) in [5, 5.41) is 3.45. The van der Waals surface area contributed by atoms with Crippen molar-refractivity contribution >= 4 is 31.9 Å². The monoisotopic (exact) mass is 413 g/mol. The number of halogens is 3. The van der Waals surface area contributed by atoms with Gasteiger partial charge in [0.05, 0.1) is 0 Å². The normalized spacial score (nSPS) is 12.4. The summed E-state index contributed by atoms with van der Waals surface area (Å²) in [4.78, 5) is 0. The quantitative estimate of drug-likeness (QED) is 0.675. The first-order chi connectivity index (χ1) is 10.0. The minimum Gasteiger partial charge on any atom is -0.310 e. The van der Waals surface area contributed by atoms with Crippen LogP contribution in [0.25, 0.3) is 0 Å². The Labute approximate surface area is 142 Å². The Morgan fingerprint density at radius 2 is 1.90 bits per heavy atom. The molecule has 1 N–H and O–H groups in total. The molecule has 0 saturated heterocycles. The van der Waals surface area contributed by atoms with Crippen LogP contribution in [0.15, 0.2) is 45.3 Å². The smallest absolute Gasteiger partial charge is 0.126 e. The minimum atomic E-state index is -0.162. The van der Waals surface area contributed by atoms with E-state index in [4.69, 9.17) is 0 Å². The highest BCUT2D eigenvalue weighted by atomic mass is 79.9. The highest BCUT2D eigenvalue weighted by Crippen LogP contribution is 2.28. The van der Waals surface area contributed by atoms with E-state index in [9.17, 15) is 4.39 Å². The SMILES string of the molecule is CCNC(Cc1cc(Br)ccc1F)c1cc(C)ccc1Br. The van der Waals surface area contributed by atoms with Gasteiger partial charge in [-0.15, -0.1) is 0 Å². The van der Waals surface area contributed by atoms with Crippen LogP contribution < -0.4 is 5.32 Å². The number of aryl methyl sites for hydroxylation is 1. The molecule has 2 aromatic rings. The molecule has 0 radical (unpaired) electrons. The van der Waals surface area contributed by atoms with Gasteiger partial charge in [-0.1, -0.05) is 56.5 Å². The second-order valence-corrected chi connectivity index (χ2v) is 6.85. The second kappa shape index (κ2) is 7.52. The minimum absolute atomic E-state index is 0.0769. The lowest BCUT2D eigenvalue weighted by molar-refractivity contribution is 0.526. The summed E-state index contributed by atoms with van der Waals surface area (Å²) in [6, 6.07) is 11.4. The highest BCUT2D eigenvalue weighted by molar-refractivity contribution is 9.10. The molecule has 21 heavy (non-hydrogen) atoms. The van der Waals surface area contributed by atoms with Gasteiger partial charge in [-0.2, -0.15) is 0 Å². The molecule has 1 nitrogen and oxygen atoms in total. The molecule has 0 amide bonds. The summed E-state index contributed by atoms with van der Waals surface area (Å²) in [6.07, 6.45) is 0.612. The first-order valence-electron chi connectivity index (χ1n) is 6.94. The van der Waals surface area contributed by atoms with Crippen molar-refractivity contribution in [1.29, 1.82) is 0 Å². The van der Waals surface area contributed by atoms with Crippen LogP contribution in [-0.2, 0) is 6.42 Å². The Hall–Kier alpha value is -0.710.